The summed E-state index contributed by atoms with van der Waals surface area (Å²) in [6.07, 6.45) is 3.66. The molecule has 1 saturated heterocycles. The fraction of sp³-hybridized carbons (Fsp3) is 0.412. The van der Waals surface area contributed by atoms with Crippen molar-refractivity contribution in [2.75, 3.05) is 20.2 Å². The lowest BCUT2D eigenvalue weighted by Crippen LogP contribution is -3.00. The van der Waals surface area contributed by atoms with Crippen molar-refractivity contribution in [1.82, 2.24) is 4.90 Å². The highest BCUT2D eigenvalue weighted by Gasteiger charge is 2.17. The number of piperidine rings is 1. The number of hydrogen-bond donors (Lipinski definition) is 1. The Morgan fingerprint density at radius 2 is 1.96 bits per heavy atom. The standard InChI is InChI=1S/C17H19NO5.ClH/c1-22-14-8-11(10-18-5-3-2-4-6-18)7-12-9-13(16(19)20)17(21)23-15(12)14;/h7-9H,2-6,10H2,1H3,(H,19,20);1H/p-1. The third-order valence-electron chi connectivity index (χ3n) is 4.16. The van der Waals surface area contributed by atoms with Crippen molar-refractivity contribution in [3.63, 3.8) is 0 Å². The Balaban J connectivity index is 0.00000208. The van der Waals surface area contributed by atoms with Gasteiger partial charge in [-0.3, -0.25) is 4.90 Å². The average molecular weight is 353 g/mol. The molecule has 0 radical (unpaired) electrons. The molecule has 1 aromatic carbocycles. The highest BCUT2D eigenvalue weighted by atomic mass is 35.5. The molecule has 0 spiro atoms. The maximum atomic E-state index is 11.7. The molecule has 1 fully saturated rings. The van der Waals surface area contributed by atoms with Crippen LogP contribution in [-0.4, -0.2) is 36.2 Å². The van der Waals surface area contributed by atoms with Crippen LogP contribution in [0.25, 0.3) is 11.0 Å². The lowest BCUT2D eigenvalue weighted by atomic mass is 10.1. The Bertz CT molecular complexity index is 795. The lowest BCUT2D eigenvalue weighted by molar-refractivity contribution is -0.0000214. The molecular formula is C17H19ClNO5-. The Hall–Kier alpha value is -2.05. The molecule has 0 unspecified atom stereocenters. The van der Waals surface area contributed by atoms with E-state index in [9.17, 15) is 9.59 Å². The van der Waals surface area contributed by atoms with E-state index in [0.717, 1.165) is 25.2 Å². The van der Waals surface area contributed by atoms with Gasteiger partial charge in [0.1, 0.15) is 5.56 Å². The molecule has 3 rings (SSSR count). The number of benzene rings is 1. The second-order valence-corrected chi connectivity index (χ2v) is 5.81. The van der Waals surface area contributed by atoms with E-state index in [1.165, 1.54) is 32.4 Å². The number of fused-ring (bicyclic) bond motifs is 1. The van der Waals surface area contributed by atoms with Crippen LogP contribution in [0.1, 0.15) is 35.2 Å². The minimum atomic E-state index is -1.29. The van der Waals surface area contributed by atoms with E-state index in [4.69, 9.17) is 14.3 Å². The predicted octanol–water partition coefficient (Wildman–Crippen LogP) is -0.510. The summed E-state index contributed by atoms with van der Waals surface area (Å²) in [7, 11) is 1.50. The van der Waals surface area contributed by atoms with Crippen molar-refractivity contribution in [3.05, 3.63) is 39.7 Å². The molecule has 24 heavy (non-hydrogen) atoms. The highest BCUT2D eigenvalue weighted by molar-refractivity contribution is 5.93. The summed E-state index contributed by atoms with van der Waals surface area (Å²) < 4.78 is 10.5. The second kappa shape index (κ2) is 7.68. The van der Waals surface area contributed by atoms with Crippen LogP contribution in [0.5, 0.6) is 5.75 Å². The number of aromatic carboxylic acids is 1. The van der Waals surface area contributed by atoms with Gasteiger partial charge < -0.3 is 26.7 Å². The number of hydrogen-bond acceptors (Lipinski definition) is 5. The van der Waals surface area contributed by atoms with Gasteiger partial charge in [-0.2, -0.15) is 0 Å². The summed E-state index contributed by atoms with van der Waals surface area (Å²) in [5.41, 5.74) is 0.0630. The van der Waals surface area contributed by atoms with E-state index in [0.29, 0.717) is 11.1 Å². The van der Waals surface area contributed by atoms with Gasteiger partial charge in [0, 0.05) is 11.9 Å². The van der Waals surface area contributed by atoms with Crippen LogP contribution in [0.3, 0.4) is 0 Å². The van der Waals surface area contributed by atoms with Crippen LogP contribution in [-0.2, 0) is 6.54 Å². The van der Waals surface area contributed by atoms with E-state index >= 15 is 0 Å². The van der Waals surface area contributed by atoms with Crippen LogP contribution >= 0.6 is 0 Å². The summed E-state index contributed by atoms with van der Waals surface area (Å²) in [4.78, 5) is 25.2. The van der Waals surface area contributed by atoms with E-state index in [1.807, 2.05) is 12.1 Å². The first kappa shape index (κ1) is 18.3. The van der Waals surface area contributed by atoms with Gasteiger partial charge in [-0.15, -0.1) is 0 Å². The van der Waals surface area contributed by atoms with Gasteiger partial charge in [0.05, 0.1) is 7.11 Å². The molecule has 1 aliphatic heterocycles. The first-order valence-corrected chi connectivity index (χ1v) is 7.69. The number of halogens is 1. The minimum absolute atomic E-state index is 0. The quantitative estimate of drug-likeness (QED) is 0.747. The Kier molecular flexibility index (Phi) is 5.85. The van der Waals surface area contributed by atoms with Crippen molar-refractivity contribution in [2.24, 2.45) is 0 Å². The van der Waals surface area contributed by atoms with E-state index < -0.39 is 11.6 Å². The summed E-state index contributed by atoms with van der Waals surface area (Å²) >= 11 is 0. The molecule has 7 heteroatoms. The molecule has 2 heterocycles. The van der Waals surface area contributed by atoms with Crippen molar-refractivity contribution in [3.8, 4) is 5.75 Å². The smallest absolute Gasteiger partial charge is 0.351 e. The second-order valence-electron chi connectivity index (χ2n) is 5.81. The van der Waals surface area contributed by atoms with Crippen LogP contribution in [0.4, 0.5) is 0 Å². The molecule has 1 aromatic heterocycles. The number of carbonyl (C=O) groups is 1. The Morgan fingerprint density at radius 3 is 2.58 bits per heavy atom. The predicted molar refractivity (Wildman–Crippen MR) is 85.1 cm³/mol. The number of rotatable bonds is 4. The van der Waals surface area contributed by atoms with Crippen molar-refractivity contribution in [2.45, 2.75) is 25.8 Å². The van der Waals surface area contributed by atoms with Crippen molar-refractivity contribution < 1.29 is 31.5 Å². The molecule has 2 aromatic rings. The number of methoxy groups -OCH3 is 1. The monoisotopic (exact) mass is 352 g/mol. The normalized spacial score (nSPS) is 15.0. The van der Waals surface area contributed by atoms with Gasteiger partial charge in [-0.25, -0.2) is 9.59 Å². The van der Waals surface area contributed by atoms with E-state index in [2.05, 4.69) is 4.90 Å². The molecule has 1 N–H and O–H groups in total. The number of carboxylic acid groups (broad SMARTS) is 1. The zero-order valence-electron chi connectivity index (χ0n) is 13.4. The van der Waals surface area contributed by atoms with Crippen LogP contribution in [0.15, 0.2) is 27.4 Å². The molecular weight excluding hydrogens is 334 g/mol. The van der Waals surface area contributed by atoms with Gasteiger partial charge in [0.2, 0.25) is 0 Å². The highest BCUT2D eigenvalue weighted by Crippen LogP contribution is 2.28. The van der Waals surface area contributed by atoms with Gasteiger partial charge in [-0.1, -0.05) is 6.42 Å². The fourth-order valence-corrected chi connectivity index (χ4v) is 3.03. The average Bonchev–Trinajstić information content (AvgIpc) is 2.54. The van der Waals surface area contributed by atoms with Crippen molar-refractivity contribution >= 4 is 16.9 Å². The van der Waals surface area contributed by atoms with Gasteiger partial charge in [-0.05, 0) is 49.7 Å². The molecule has 0 saturated carbocycles. The zero-order valence-corrected chi connectivity index (χ0v) is 14.1. The largest absolute Gasteiger partial charge is 1.00 e. The fourth-order valence-electron chi connectivity index (χ4n) is 3.03. The molecule has 0 aliphatic carbocycles. The summed E-state index contributed by atoms with van der Waals surface area (Å²) in [6.45, 7) is 2.89. The summed E-state index contributed by atoms with van der Waals surface area (Å²) in [6, 6.07) is 5.06. The van der Waals surface area contributed by atoms with Crippen LogP contribution < -0.4 is 22.8 Å². The summed E-state index contributed by atoms with van der Waals surface area (Å²) in [5, 5.41) is 9.65. The number of carboxylic acids is 1. The van der Waals surface area contributed by atoms with Gasteiger partial charge >= 0.3 is 11.6 Å². The van der Waals surface area contributed by atoms with Crippen LogP contribution in [0.2, 0.25) is 0 Å². The SMILES string of the molecule is COc1cc(CN2CCCCC2)cc2cc(C(=O)O)c(=O)oc12.[Cl-]. The third-order valence-corrected chi connectivity index (χ3v) is 4.16. The number of ether oxygens (including phenoxy) is 1. The van der Waals surface area contributed by atoms with Gasteiger partial charge in [0.15, 0.2) is 11.3 Å². The van der Waals surface area contributed by atoms with Crippen LogP contribution in [0, 0.1) is 0 Å². The molecule has 1 aliphatic rings. The third kappa shape index (κ3) is 3.71. The molecule has 0 amide bonds. The maximum absolute atomic E-state index is 11.7. The molecule has 0 atom stereocenters. The first-order chi connectivity index (χ1) is 11.1. The van der Waals surface area contributed by atoms with E-state index in [1.54, 1.807) is 0 Å². The Morgan fingerprint density at radius 1 is 1.25 bits per heavy atom. The lowest BCUT2D eigenvalue weighted by Gasteiger charge is -2.26. The zero-order chi connectivity index (χ0) is 16.4. The molecule has 0 bridgehead atoms. The summed E-state index contributed by atoms with van der Waals surface area (Å²) in [5.74, 6) is -0.843. The first-order valence-electron chi connectivity index (χ1n) is 7.69. The minimum Gasteiger partial charge on any atom is -1.00 e. The molecule has 130 valence electrons. The number of nitrogens with zero attached hydrogens (tertiary/aromatic N) is 1. The van der Waals surface area contributed by atoms with Crippen molar-refractivity contribution in [1.29, 1.82) is 0 Å². The maximum Gasteiger partial charge on any atom is 0.351 e. The number of likely N-dealkylation sites (tertiary alicyclic amines) is 1. The topological polar surface area (TPSA) is 80.0 Å². The van der Waals surface area contributed by atoms with Gasteiger partial charge in [0.25, 0.3) is 0 Å². The Labute approximate surface area is 145 Å². The van der Waals surface area contributed by atoms with E-state index in [-0.39, 0.29) is 23.6 Å². The molecule has 6 nitrogen and oxygen atoms in total.